The molecule has 31 heavy (non-hydrogen) atoms. The lowest BCUT2D eigenvalue weighted by molar-refractivity contribution is 0.0526. The van der Waals surface area contributed by atoms with E-state index in [-0.39, 0.29) is 17.0 Å². The van der Waals surface area contributed by atoms with E-state index in [1.165, 1.54) is 16.2 Å². The van der Waals surface area contributed by atoms with E-state index in [9.17, 15) is 9.59 Å². The Morgan fingerprint density at radius 3 is 2.71 bits per heavy atom. The average molecular weight is 525 g/mol. The van der Waals surface area contributed by atoms with Crippen molar-refractivity contribution in [3.05, 3.63) is 44.2 Å². The van der Waals surface area contributed by atoms with Crippen LogP contribution < -0.4 is 15.4 Å². The second-order valence-corrected chi connectivity index (χ2v) is 9.41. The zero-order valence-corrected chi connectivity index (χ0v) is 20.7. The molecule has 2 aromatic rings. The lowest BCUT2D eigenvalue weighted by Gasteiger charge is -2.13. The van der Waals surface area contributed by atoms with Gasteiger partial charge in [0.2, 0.25) is 0 Å². The Balaban J connectivity index is 1.72. The summed E-state index contributed by atoms with van der Waals surface area (Å²) in [7, 11) is 0. The standard InChI is InChI=1S/C22H25BrN2O4S2/c1-3-11-29-16-10-9-13(12-15(16)23)19(26)24-22(30)25-20-18(21(27)28-4-2)14-7-5-6-8-17(14)31-20/h9-10,12H,3-8,11H2,1-2H3,(H2,24,25,26,30). The molecule has 9 heteroatoms. The highest BCUT2D eigenvalue weighted by molar-refractivity contribution is 9.10. The largest absolute Gasteiger partial charge is 0.492 e. The summed E-state index contributed by atoms with van der Waals surface area (Å²) in [4.78, 5) is 26.4. The Morgan fingerprint density at radius 2 is 2.00 bits per heavy atom. The second kappa shape index (κ2) is 11.1. The van der Waals surface area contributed by atoms with Gasteiger partial charge in [0.1, 0.15) is 10.8 Å². The zero-order valence-electron chi connectivity index (χ0n) is 17.5. The molecule has 2 N–H and O–H groups in total. The zero-order chi connectivity index (χ0) is 22.4. The Labute approximate surface area is 199 Å². The summed E-state index contributed by atoms with van der Waals surface area (Å²) in [6.07, 6.45) is 4.83. The van der Waals surface area contributed by atoms with Gasteiger partial charge in [0.05, 0.1) is 23.2 Å². The molecule has 0 bridgehead atoms. The maximum Gasteiger partial charge on any atom is 0.341 e. The Hall–Kier alpha value is -1.97. The minimum absolute atomic E-state index is 0.136. The summed E-state index contributed by atoms with van der Waals surface area (Å²) < 4.78 is 11.6. The first-order valence-electron chi connectivity index (χ1n) is 10.3. The van der Waals surface area contributed by atoms with E-state index in [4.69, 9.17) is 21.7 Å². The number of carbonyl (C=O) groups excluding carboxylic acids is 2. The van der Waals surface area contributed by atoms with Gasteiger partial charge in [-0.3, -0.25) is 10.1 Å². The first-order valence-corrected chi connectivity index (χ1v) is 12.3. The molecular weight excluding hydrogens is 500 g/mol. The molecule has 1 amide bonds. The van der Waals surface area contributed by atoms with E-state index in [2.05, 4.69) is 26.6 Å². The van der Waals surface area contributed by atoms with Crippen LogP contribution in [0.2, 0.25) is 0 Å². The van der Waals surface area contributed by atoms with Crippen LogP contribution in [0.5, 0.6) is 5.75 Å². The highest BCUT2D eigenvalue weighted by Gasteiger charge is 2.27. The molecule has 6 nitrogen and oxygen atoms in total. The predicted molar refractivity (Wildman–Crippen MR) is 131 cm³/mol. The van der Waals surface area contributed by atoms with Gasteiger partial charge >= 0.3 is 5.97 Å². The molecule has 0 fully saturated rings. The van der Waals surface area contributed by atoms with Crippen LogP contribution in [0.1, 0.15) is 64.3 Å². The predicted octanol–water partition coefficient (Wildman–Crippen LogP) is 5.48. The number of carbonyl (C=O) groups is 2. The summed E-state index contributed by atoms with van der Waals surface area (Å²) >= 11 is 10.3. The molecule has 1 aromatic heterocycles. The van der Waals surface area contributed by atoms with Crippen LogP contribution in [-0.4, -0.2) is 30.2 Å². The minimum atomic E-state index is -0.356. The highest BCUT2D eigenvalue weighted by Crippen LogP contribution is 2.38. The minimum Gasteiger partial charge on any atom is -0.492 e. The van der Waals surface area contributed by atoms with Gasteiger partial charge in [0, 0.05) is 10.4 Å². The van der Waals surface area contributed by atoms with Crippen molar-refractivity contribution in [2.45, 2.75) is 46.0 Å². The molecule has 0 saturated carbocycles. The van der Waals surface area contributed by atoms with Crippen molar-refractivity contribution in [1.29, 1.82) is 0 Å². The van der Waals surface area contributed by atoms with Crippen LogP contribution in [0.15, 0.2) is 22.7 Å². The van der Waals surface area contributed by atoms with Gasteiger partial charge in [-0.2, -0.15) is 0 Å². The number of fused-ring (bicyclic) bond motifs is 1. The molecule has 1 aliphatic rings. The third-order valence-electron chi connectivity index (χ3n) is 4.76. The van der Waals surface area contributed by atoms with Gasteiger partial charge < -0.3 is 14.8 Å². The molecule has 0 radical (unpaired) electrons. The lowest BCUT2D eigenvalue weighted by atomic mass is 9.95. The number of hydrogen-bond acceptors (Lipinski definition) is 6. The van der Waals surface area contributed by atoms with Crippen LogP contribution >= 0.6 is 39.5 Å². The van der Waals surface area contributed by atoms with Gasteiger partial charge in [-0.15, -0.1) is 11.3 Å². The van der Waals surface area contributed by atoms with Crippen molar-refractivity contribution in [2.24, 2.45) is 0 Å². The Morgan fingerprint density at radius 1 is 1.23 bits per heavy atom. The van der Waals surface area contributed by atoms with Crippen molar-refractivity contribution in [3.8, 4) is 5.75 Å². The van der Waals surface area contributed by atoms with Crippen LogP contribution in [0.25, 0.3) is 0 Å². The molecule has 0 unspecified atom stereocenters. The number of amides is 1. The summed E-state index contributed by atoms with van der Waals surface area (Å²) in [5, 5.41) is 6.49. The molecular formula is C22H25BrN2O4S2. The van der Waals surface area contributed by atoms with Crippen molar-refractivity contribution in [1.82, 2.24) is 5.32 Å². The fraction of sp³-hybridized carbons (Fsp3) is 0.409. The summed E-state index contributed by atoms with van der Waals surface area (Å²) in [6, 6.07) is 5.12. The first-order chi connectivity index (χ1) is 14.9. The number of thiocarbonyl (C=S) groups is 1. The van der Waals surface area contributed by atoms with Gasteiger partial charge in [0.25, 0.3) is 5.91 Å². The van der Waals surface area contributed by atoms with E-state index in [0.29, 0.717) is 39.6 Å². The number of thiophene rings is 1. The lowest BCUT2D eigenvalue weighted by Crippen LogP contribution is -2.34. The normalized spacial score (nSPS) is 12.6. The number of rotatable bonds is 7. The second-order valence-electron chi connectivity index (χ2n) is 7.04. The van der Waals surface area contributed by atoms with Crippen LogP contribution in [0.4, 0.5) is 5.00 Å². The molecule has 0 spiro atoms. The van der Waals surface area contributed by atoms with Crippen LogP contribution in [0, 0.1) is 0 Å². The molecule has 1 aliphatic carbocycles. The van der Waals surface area contributed by atoms with E-state index in [1.54, 1.807) is 25.1 Å². The molecule has 3 rings (SSSR count). The molecule has 0 atom stereocenters. The van der Waals surface area contributed by atoms with Gasteiger partial charge in [0.15, 0.2) is 5.11 Å². The smallest absolute Gasteiger partial charge is 0.341 e. The van der Waals surface area contributed by atoms with E-state index >= 15 is 0 Å². The van der Waals surface area contributed by atoms with Crippen molar-refractivity contribution >= 4 is 61.5 Å². The molecule has 0 saturated heterocycles. The topological polar surface area (TPSA) is 76.7 Å². The molecule has 1 heterocycles. The van der Waals surface area contributed by atoms with Gasteiger partial charge in [-0.05, 0) is 90.9 Å². The third kappa shape index (κ3) is 5.84. The van der Waals surface area contributed by atoms with Crippen LogP contribution in [-0.2, 0) is 17.6 Å². The fourth-order valence-corrected chi connectivity index (χ4v) is 5.39. The maximum atomic E-state index is 12.7. The monoisotopic (exact) mass is 524 g/mol. The number of nitrogens with one attached hydrogen (secondary N) is 2. The highest BCUT2D eigenvalue weighted by atomic mass is 79.9. The Kier molecular flexibility index (Phi) is 8.45. The number of benzene rings is 1. The van der Waals surface area contributed by atoms with Crippen molar-refractivity contribution in [3.63, 3.8) is 0 Å². The maximum absolute atomic E-state index is 12.7. The first kappa shape index (κ1) is 23.7. The summed E-state index contributed by atoms with van der Waals surface area (Å²) in [6.45, 7) is 4.72. The average Bonchev–Trinajstić information content (AvgIpc) is 3.10. The van der Waals surface area contributed by atoms with Crippen molar-refractivity contribution in [2.75, 3.05) is 18.5 Å². The van der Waals surface area contributed by atoms with E-state index in [0.717, 1.165) is 37.7 Å². The molecule has 166 valence electrons. The van der Waals surface area contributed by atoms with Gasteiger partial charge in [-0.25, -0.2) is 4.79 Å². The number of anilines is 1. The van der Waals surface area contributed by atoms with E-state index < -0.39 is 0 Å². The summed E-state index contributed by atoms with van der Waals surface area (Å²) in [5.41, 5.74) is 2.02. The number of esters is 1. The number of halogens is 1. The number of aryl methyl sites for hydroxylation is 1. The summed E-state index contributed by atoms with van der Waals surface area (Å²) in [5.74, 6) is -0.0216. The van der Waals surface area contributed by atoms with E-state index in [1.807, 2.05) is 6.92 Å². The fourth-order valence-electron chi connectivity index (χ4n) is 3.35. The number of hydrogen-bond donors (Lipinski definition) is 2. The number of ether oxygens (including phenoxy) is 2. The van der Waals surface area contributed by atoms with Gasteiger partial charge in [-0.1, -0.05) is 6.92 Å². The molecule has 0 aliphatic heterocycles. The Bertz CT molecular complexity index is 990. The third-order valence-corrected chi connectivity index (χ3v) is 6.79. The SMILES string of the molecule is CCCOc1ccc(C(=O)NC(=S)Nc2sc3c(c2C(=O)OCC)CCCC3)cc1Br. The van der Waals surface area contributed by atoms with Crippen molar-refractivity contribution < 1.29 is 19.1 Å². The van der Waals surface area contributed by atoms with Crippen LogP contribution in [0.3, 0.4) is 0 Å². The quantitative estimate of drug-likeness (QED) is 0.368. The molecule has 1 aromatic carbocycles.